The summed E-state index contributed by atoms with van der Waals surface area (Å²) in [6.45, 7) is 2.00. The van der Waals surface area contributed by atoms with Crippen molar-refractivity contribution in [1.82, 2.24) is 14.6 Å². The second-order valence-electron chi connectivity index (χ2n) is 11.1. The van der Waals surface area contributed by atoms with Crippen molar-refractivity contribution < 1.29 is 0 Å². The number of anilines is 1. The number of hydrogen-bond acceptors (Lipinski definition) is 3. The zero-order chi connectivity index (χ0) is 24.6. The van der Waals surface area contributed by atoms with Crippen LogP contribution >= 0.6 is 34.8 Å². The van der Waals surface area contributed by atoms with Gasteiger partial charge in [-0.2, -0.15) is 9.61 Å². The molecule has 0 aliphatic heterocycles. The molecule has 4 aliphatic carbocycles. The third-order valence-corrected chi connectivity index (χ3v) is 9.40. The quantitative estimate of drug-likeness (QED) is 0.265. The smallest absolute Gasteiger partial charge is 0.167 e. The lowest BCUT2D eigenvalue weighted by Crippen LogP contribution is -2.55. The molecular weight excluding hydrogens is 511 g/mol. The van der Waals surface area contributed by atoms with E-state index in [1.807, 2.05) is 41.8 Å². The molecule has 4 aliphatic rings. The van der Waals surface area contributed by atoms with E-state index in [0.29, 0.717) is 20.8 Å². The number of aromatic nitrogens is 3. The molecule has 184 valence electrons. The molecule has 0 atom stereocenters. The fraction of sp³-hybridized carbons (Fsp3) is 0.379. The minimum absolute atomic E-state index is 0.0772. The summed E-state index contributed by atoms with van der Waals surface area (Å²) in [5.74, 6) is 3.39. The van der Waals surface area contributed by atoms with E-state index < -0.39 is 0 Å². The van der Waals surface area contributed by atoms with Crippen LogP contribution in [0.3, 0.4) is 0 Å². The molecule has 0 amide bonds. The van der Waals surface area contributed by atoms with Crippen molar-refractivity contribution in [2.75, 3.05) is 5.32 Å². The Bertz CT molecular complexity index is 1460. The number of aryl methyl sites for hydroxylation is 1. The van der Waals surface area contributed by atoms with Gasteiger partial charge in [-0.1, -0.05) is 71.2 Å². The predicted octanol–water partition coefficient (Wildman–Crippen LogP) is 8.71. The van der Waals surface area contributed by atoms with Crippen LogP contribution in [0.2, 0.25) is 15.2 Å². The fourth-order valence-electron chi connectivity index (χ4n) is 7.63. The van der Waals surface area contributed by atoms with Gasteiger partial charge in [-0.25, -0.2) is 4.98 Å². The zero-order valence-corrected chi connectivity index (χ0v) is 22.3. The number of nitrogens with one attached hydrogen (secondary N) is 1. The number of halogens is 3. The van der Waals surface area contributed by atoms with Crippen molar-refractivity contribution >= 4 is 46.3 Å². The van der Waals surface area contributed by atoms with Gasteiger partial charge >= 0.3 is 0 Å². The van der Waals surface area contributed by atoms with Crippen molar-refractivity contribution in [3.63, 3.8) is 0 Å². The Balaban J connectivity index is 1.46. The molecule has 4 fully saturated rings. The molecule has 0 saturated heterocycles. The van der Waals surface area contributed by atoms with E-state index >= 15 is 0 Å². The minimum atomic E-state index is 0.0772. The Hall–Kier alpha value is -2.27. The first-order valence-electron chi connectivity index (χ1n) is 12.8. The Morgan fingerprint density at radius 3 is 2.19 bits per heavy atom. The van der Waals surface area contributed by atoms with Gasteiger partial charge in [0.15, 0.2) is 5.65 Å². The van der Waals surface area contributed by atoms with Gasteiger partial charge < -0.3 is 5.32 Å². The lowest BCUT2D eigenvalue weighted by Gasteiger charge is -2.57. The highest BCUT2D eigenvalue weighted by Gasteiger charge is 2.51. The maximum Gasteiger partial charge on any atom is 0.167 e. The van der Waals surface area contributed by atoms with Crippen molar-refractivity contribution in [2.45, 2.75) is 51.0 Å². The Morgan fingerprint density at radius 2 is 1.56 bits per heavy atom. The first kappa shape index (κ1) is 22.9. The Kier molecular flexibility index (Phi) is 5.32. The maximum absolute atomic E-state index is 7.02. The summed E-state index contributed by atoms with van der Waals surface area (Å²) in [4.78, 5) is 4.90. The third-order valence-electron chi connectivity index (χ3n) is 8.58. The van der Waals surface area contributed by atoms with Crippen molar-refractivity contribution in [1.29, 1.82) is 0 Å². The van der Waals surface area contributed by atoms with Crippen LogP contribution in [0.4, 0.5) is 5.82 Å². The number of fused-ring (bicyclic) bond motifs is 1. The molecule has 7 heteroatoms. The van der Waals surface area contributed by atoms with Gasteiger partial charge in [0.05, 0.1) is 21.8 Å². The lowest BCUT2D eigenvalue weighted by atomic mass is 9.53. The average molecular weight is 538 g/mol. The number of nitrogens with zero attached hydrogens (tertiary/aromatic N) is 3. The van der Waals surface area contributed by atoms with Crippen LogP contribution in [0, 0.1) is 24.7 Å². The number of benzene rings is 2. The molecule has 4 aromatic rings. The van der Waals surface area contributed by atoms with Crippen molar-refractivity contribution in [3.05, 3.63) is 69.4 Å². The summed E-state index contributed by atoms with van der Waals surface area (Å²) in [6, 6.07) is 15.8. The van der Waals surface area contributed by atoms with E-state index in [1.165, 1.54) is 38.5 Å². The first-order chi connectivity index (χ1) is 17.4. The Labute approximate surface area is 226 Å². The molecule has 4 bridgehead atoms. The summed E-state index contributed by atoms with van der Waals surface area (Å²) in [6.07, 6.45) is 7.80. The van der Waals surface area contributed by atoms with Gasteiger partial charge in [0.25, 0.3) is 0 Å². The summed E-state index contributed by atoms with van der Waals surface area (Å²) in [7, 11) is 0. The van der Waals surface area contributed by atoms with E-state index in [9.17, 15) is 0 Å². The Morgan fingerprint density at radius 1 is 0.889 bits per heavy atom. The van der Waals surface area contributed by atoms with Gasteiger partial charge in [0, 0.05) is 16.1 Å². The van der Waals surface area contributed by atoms with Crippen molar-refractivity contribution in [3.8, 4) is 22.3 Å². The standard InChI is InChI=1S/C29H27Cl3N4/c1-16-24(22-8-7-21(30)12-23(22)31)27-33-26(32)25(20-5-3-2-4-6-20)28(36(27)35-16)34-29-13-17-9-18(14-29)11-19(10-17)15-29/h2-8,12,17-19,34H,9-11,13-15H2,1H3. The molecule has 4 nitrogen and oxygen atoms in total. The maximum atomic E-state index is 7.02. The summed E-state index contributed by atoms with van der Waals surface area (Å²) < 4.78 is 1.96. The molecule has 0 spiro atoms. The van der Waals surface area contributed by atoms with Gasteiger partial charge in [-0.3, -0.25) is 0 Å². The molecule has 8 rings (SSSR count). The highest BCUT2D eigenvalue weighted by Crippen LogP contribution is 2.57. The van der Waals surface area contributed by atoms with Crippen LogP contribution in [0.15, 0.2) is 48.5 Å². The normalized spacial score (nSPS) is 26.6. The highest BCUT2D eigenvalue weighted by molar-refractivity contribution is 6.36. The van der Waals surface area contributed by atoms with Crippen molar-refractivity contribution in [2.24, 2.45) is 17.8 Å². The number of rotatable bonds is 4. The monoisotopic (exact) mass is 536 g/mol. The fourth-order valence-corrected chi connectivity index (χ4v) is 8.41. The summed E-state index contributed by atoms with van der Waals surface area (Å²) in [5.41, 5.74) is 5.29. The van der Waals surface area contributed by atoms with E-state index in [2.05, 4.69) is 17.4 Å². The summed E-state index contributed by atoms with van der Waals surface area (Å²) in [5, 5.41) is 10.7. The first-order valence-corrected chi connectivity index (χ1v) is 13.9. The molecule has 4 saturated carbocycles. The average Bonchev–Trinajstić information content (AvgIpc) is 3.14. The SMILES string of the molecule is Cc1nn2c(NC34CC5CC(CC(C5)C3)C4)c(-c3ccccc3)c(Cl)nc2c1-c1ccc(Cl)cc1Cl. The molecule has 2 heterocycles. The van der Waals surface area contributed by atoms with Gasteiger partial charge in [-0.15, -0.1) is 0 Å². The zero-order valence-electron chi connectivity index (χ0n) is 20.1. The van der Waals surface area contributed by atoms with E-state index in [4.69, 9.17) is 44.9 Å². The summed E-state index contributed by atoms with van der Waals surface area (Å²) >= 11 is 19.9. The van der Waals surface area contributed by atoms with E-state index in [0.717, 1.165) is 51.5 Å². The van der Waals surface area contributed by atoms with E-state index in [-0.39, 0.29) is 5.54 Å². The lowest BCUT2D eigenvalue weighted by molar-refractivity contribution is 0.0105. The minimum Gasteiger partial charge on any atom is -0.364 e. The third kappa shape index (κ3) is 3.64. The van der Waals surface area contributed by atoms with Crippen LogP contribution in [0.1, 0.15) is 44.2 Å². The van der Waals surface area contributed by atoms with Crippen LogP contribution in [0.5, 0.6) is 0 Å². The molecule has 2 aromatic heterocycles. The molecule has 2 aromatic carbocycles. The van der Waals surface area contributed by atoms with Gasteiger partial charge in [0.1, 0.15) is 11.0 Å². The molecular formula is C29H27Cl3N4. The van der Waals surface area contributed by atoms with Crippen LogP contribution in [-0.2, 0) is 0 Å². The second-order valence-corrected chi connectivity index (χ2v) is 12.3. The van der Waals surface area contributed by atoms with Crippen LogP contribution in [-0.4, -0.2) is 20.1 Å². The van der Waals surface area contributed by atoms with Gasteiger partial charge in [-0.05, 0) is 80.9 Å². The molecule has 1 N–H and O–H groups in total. The van der Waals surface area contributed by atoms with Crippen LogP contribution < -0.4 is 5.32 Å². The molecule has 0 radical (unpaired) electrons. The highest BCUT2D eigenvalue weighted by atomic mass is 35.5. The second kappa shape index (κ2) is 8.37. The number of hydrogen-bond donors (Lipinski definition) is 1. The van der Waals surface area contributed by atoms with Gasteiger partial charge in [0.2, 0.25) is 0 Å². The molecule has 36 heavy (non-hydrogen) atoms. The molecule has 0 unspecified atom stereocenters. The van der Waals surface area contributed by atoms with Crippen LogP contribution in [0.25, 0.3) is 27.9 Å². The predicted molar refractivity (Wildman–Crippen MR) is 148 cm³/mol. The topological polar surface area (TPSA) is 42.2 Å². The van der Waals surface area contributed by atoms with E-state index in [1.54, 1.807) is 6.07 Å². The largest absolute Gasteiger partial charge is 0.364 e.